The number of hydrogen-bond donors (Lipinski definition) is 1. The van der Waals surface area contributed by atoms with Crippen molar-refractivity contribution < 1.29 is 28.9 Å². The van der Waals surface area contributed by atoms with Gasteiger partial charge in [0.25, 0.3) is 5.78 Å². The van der Waals surface area contributed by atoms with E-state index in [9.17, 15) is 9.59 Å². The molecule has 0 aliphatic heterocycles. The van der Waals surface area contributed by atoms with Gasteiger partial charge in [0, 0.05) is 12.7 Å². The van der Waals surface area contributed by atoms with E-state index in [0.717, 1.165) is 0 Å². The molecule has 0 unspecified atom stereocenters. The standard InChI is InChI=1S/C12H14O6/c1-16-6-7-8(17-2)4-5-9(18-3)10(7)11(13)12(14)15/h4-5H,6H2,1-3H3,(H,14,15). The highest BCUT2D eigenvalue weighted by molar-refractivity contribution is 6.41. The molecule has 1 rings (SSSR count). The van der Waals surface area contributed by atoms with Gasteiger partial charge in [-0.2, -0.15) is 0 Å². The van der Waals surface area contributed by atoms with Gasteiger partial charge in [-0.1, -0.05) is 0 Å². The first-order valence-corrected chi connectivity index (χ1v) is 5.07. The summed E-state index contributed by atoms with van der Waals surface area (Å²) < 4.78 is 15.1. The van der Waals surface area contributed by atoms with Crippen LogP contribution in [0.1, 0.15) is 15.9 Å². The van der Waals surface area contributed by atoms with Crippen LogP contribution in [-0.2, 0) is 16.1 Å². The van der Waals surface area contributed by atoms with Crippen LogP contribution in [0.5, 0.6) is 11.5 Å². The van der Waals surface area contributed by atoms with Gasteiger partial charge < -0.3 is 19.3 Å². The van der Waals surface area contributed by atoms with E-state index < -0.39 is 11.8 Å². The Bertz CT molecular complexity index is 466. The zero-order valence-corrected chi connectivity index (χ0v) is 10.4. The van der Waals surface area contributed by atoms with E-state index in [1.54, 1.807) is 6.07 Å². The van der Waals surface area contributed by atoms with Gasteiger partial charge in [0.05, 0.1) is 26.4 Å². The number of carbonyl (C=O) groups is 2. The van der Waals surface area contributed by atoms with Gasteiger partial charge in [0.2, 0.25) is 0 Å². The highest BCUT2D eigenvalue weighted by atomic mass is 16.5. The molecule has 6 nitrogen and oxygen atoms in total. The number of methoxy groups -OCH3 is 3. The lowest BCUT2D eigenvalue weighted by Crippen LogP contribution is -2.17. The first kappa shape index (κ1) is 14.0. The lowest BCUT2D eigenvalue weighted by atomic mass is 10.0. The summed E-state index contributed by atoms with van der Waals surface area (Å²) in [4.78, 5) is 22.5. The van der Waals surface area contributed by atoms with Gasteiger partial charge in [-0.25, -0.2) is 4.79 Å². The maximum atomic E-state index is 11.7. The van der Waals surface area contributed by atoms with Crippen LogP contribution >= 0.6 is 0 Å². The summed E-state index contributed by atoms with van der Waals surface area (Å²) in [7, 11) is 4.22. The highest BCUT2D eigenvalue weighted by Crippen LogP contribution is 2.31. The van der Waals surface area contributed by atoms with Crippen molar-refractivity contribution in [3.63, 3.8) is 0 Å². The Morgan fingerprint density at radius 1 is 1.11 bits per heavy atom. The third-order valence-corrected chi connectivity index (χ3v) is 2.38. The first-order chi connectivity index (χ1) is 8.56. The molecule has 1 aromatic rings. The van der Waals surface area contributed by atoms with Crippen LogP contribution in [0.4, 0.5) is 0 Å². The third-order valence-electron chi connectivity index (χ3n) is 2.38. The van der Waals surface area contributed by atoms with Crippen molar-refractivity contribution in [3.8, 4) is 11.5 Å². The van der Waals surface area contributed by atoms with Crippen molar-refractivity contribution in [2.24, 2.45) is 0 Å². The number of aliphatic carboxylic acids is 1. The van der Waals surface area contributed by atoms with Crippen LogP contribution in [-0.4, -0.2) is 38.2 Å². The molecule has 0 aromatic heterocycles. The topological polar surface area (TPSA) is 82.1 Å². The number of carbonyl (C=O) groups excluding carboxylic acids is 1. The zero-order valence-electron chi connectivity index (χ0n) is 10.4. The molecule has 0 aliphatic carbocycles. The number of ether oxygens (including phenoxy) is 3. The number of hydrogen-bond acceptors (Lipinski definition) is 5. The fourth-order valence-electron chi connectivity index (χ4n) is 1.61. The Kier molecular flexibility index (Phi) is 4.67. The molecule has 0 atom stereocenters. The Balaban J connectivity index is 3.49. The van der Waals surface area contributed by atoms with E-state index in [1.807, 2.05) is 0 Å². The average Bonchev–Trinajstić information content (AvgIpc) is 2.37. The molecule has 18 heavy (non-hydrogen) atoms. The summed E-state index contributed by atoms with van der Waals surface area (Å²) in [5.74, 6) is -2.06. The van der Waals surface area contributed by atoms with E-state index in [-0.39, 0.29) is 17.9 Å². The van der Waals surface area contributed by atoms with Crippen molar-refractivity contribution in [1.82, 2.24) is 0 Å². The Morgan fingerprint density at radius 3 is 2.11 bits per heavy atom. The lowest BCUT2D eigenvalue weighted by Gasteiger charge is -2.14. The molecule has 0 bridgehead atoms. The summed E-state index contributed by atoms with van der Waals surface area (Å²) in [5.41, 5.74) is 0.304. The van der Waals surface area contributed by atoms with Gasteiger partial charge in [0.1, 0.15) is 11.5 Å². The van der Waals surface area contributed by atoms with Gasteiger partial charge in [0.15, 0.2) is 0 Å². The first-order valence-electron chi connectivity index (χ1n) is 5.07. The predicted octanol–water partition coefficient (Wildman–Crippen LogP) is 1.12. The monoisotopic (exact) mass is 254 g/mol. The number of Topliss-reactive ketones (excluding diaryl/α,β-unsaturated/α-hetero) is 1. The minimum atomic E-state index is -1.56. The second kappa shape index (κ2) is 6.02. The van der Waals surface area contributed by atoms with Crippen LogP contribution < -0.4 is 9.47 Å². The zero-order chi connectivity index (χ0) is 13.7. The summed E-state index contributed by atoms with van der Waals surface area (Å²) in [6, 6.07) is 3.07. The SMILES string of the molecule is COCc1c(OC)ccc(OC)c1C(=O)C(=O)O. The molecule has 98 valence electrons. The number of ketones is 1. The maximum absolute atomic E-state index is 11.7. The molecule has 0 saturated carbocycles. The number of rotatable bonds is 6. The van der Waals surface area contributed by atoms with E-state index >= 15 is 0 Å². The largest absolute Gasteiger partial charge is 0.496 e. The number of carboxylic acids is 1. The molecule has 0 saturated heterocycles. The molecule has 6 heteroatoms. The second-order valence-electron chi connectivity index (χ2n) is 3.39. The number of benzene rings is 1. The molecule has 0 fully saturated rings. The van der Waals surface area contributed by atoms with Gasteiger partial charge >= 0.3 is 5.97 Å². The second-order valence-corrected chi connectivity index (χ2v) is 3.39. The molecule has 0 amide bonds. The molecular formula is C12H14O6. The van der Waals surface area contributed by atoms with E-state index in [0.29, 0.717) is 11.3 Å². The number of carboxylic acid groups (broad SMARTS) is 1. The van der Waals surface area contributed by atoms with Crippen molar-refractivity contribution >= 4 is 11.8 Å². The molecular weight excluding hydrogens is 240 g/mol. The quantitative estimate of drug-likeness (QED) is 0.605. The van der Waals surface area contributed by atoms with Crippen molar-refractivity contribution in [2.75, 3.05) is 21.3 Å². The van der Waals surface area contributed by atoms with Gasteiger partial charge in [-0.05, 0) is 12.1 Å². The minimum absolute atomic E-state index is 0.0498. The Morgan fingerprint density at radius 2 is 1.67 bits per heavy atom. The van der Waals surface area contributed by atoms with Crippen LogP contribution in [0.3, 0.4) is 0 Å². The molecule has 1 aromatic carbocycles. The third kappa shape index (κ3) is 2.60. The Labute approximate surface area is 104 Å². The van der Waals surface area contributed by atoms with Crippen LogP contribution in [0, 0.1) is 0 Å². The fraction of sp³-hybridized carbons (Fsp3) is 0.333. The summed E-state index contributed by atoms with van der Waals surface area (Å²) in [5, 5.41) is 8.82. The molecule has 0 aliphatic rings. The fourth-order valence-corrected chi connectivity index (χ4v) is 1.61. The predicted molar refractivity (Wildman–Crippen MR) is 62.2 cm³/mol. The maximum Gasteiger partial charge on any atom is 0.377 e. The molecule has 1 N–H and O–H groups in total. The normalized spacial score (nSPS) is 9.94. The van der Waals surface area contributed by atoms with Crippen molar-refractivity contribution in [2.45, 2.75) is 6.61 Å². The smallest absolute Gasteiger partial charge is 0.377 e. The van der Waals surface area contributed by atoms with Crippen molar-refractivity contribution in [1.29, 1.82) is 0 Å². The van der Waals surface area contributed by atoms with E-state index in [1.165, 1.54) is 27.4 Å². The van der Waals surface area contributed by atoms with E-state index in [4.69, 9.17) is 19.3 Å². The summed E-state index contributed by atoms with van der Waals surface area (Å²) in [6.07, 6.45) is 0. The summed E-state index contributed by atoms with van der Waals surface area (Å²) >= 11 is 0. The highest BCUT2D eigenvalue weighted by Gasteiger charge is 2.25. The van der Waals surface area contributed by atoms with E-state index in [2.05, 4.69) is 0 Å². The molecule has 0 heterocycles. The van der Waals surface area contributed by atoms with Gasteiger partial charge in [-0.15, -0.1) is 0 Å². The van der Waals surface area contributed by atoms with Crippen LogP contribution in [0.2, 0.25) is 0 Å². The van der Waals surface area contributed by atoms with Crippen LogP contribution in [0.15, 0.2) is 12.1 Å². The van der Waals surface area contributed by atoms with Crippen molar-refractivity contribution in [3.05, 3.63) is 23.3 Å². The summed E-state index contributed by atoms with van der Waals surface area (Å²) in [6.45, 7) is 0.0503. The average molecular weight is 254 g/mol. The molecule has 0 radical (unpaired) electrons. The lowest BCUT2D eigenvalue weighted by molar-refractivity contribution is -0.131. The van der Waals surface area contributed by atoms with Gasteiger partial charge in [-0.3, -0.25) is 4.79 Å². The van der Waals surface area contributed by atoms with Crippen LogP contribution in [0.25, 0.3) is 0 Å². The minimum Gasteiger partial charge on any atom is -0.496 e. The molecule has 0 spiro atoms. The Hall–Kier alpha value is -2.08.